The van der Waals surface area contributed by atoms with Crippen molar-refractivity contribution < 1.29 is 13.2 Å². The summed E-state index contributed by atoms with van der Waals surface area (Å²) in [5, 5.41) is 8.25. The molecule has 0 aromatic heterocycles. The van der Waals surface area contributed by atoms with Gasteiger partial charge in [-0.15, -0.1) is 0 Å². The molecule has 0 heterocycles. The molecule has 2 aromatic rings. The van der Waals surface area contributed by atoms with Crippen LogP contribution in [0.25, 0.3) is 0 Å². The van der Waals surface area contributed by atoms with Gasteiger partial charge in [-0.1, -0.05) is 71.0 Å². The van der Waals surface area contributed by atoms with Crippen molar-refractivity contribution in [2.75, 3.05) is 0 Å². The third-order valence-corrected chi connectivity index (χ3v) is 5.94. The van der Waals surface area contributed by atoms with Crippen molar-refractivity contribution in [2.45, 2.75) is 63.8 Å². The van der Waals surface area contributed by atoms with Gasteiger partial charge in [0, 0.05) is 6.42 Å². The maximum Gasteiger partial charge on any atom is 0.238 e. The highest BCUT2D eigenvalue weighted by molar-refractivity contribution is 7.89. The molecule has 0 bridgehead atoms. The van der Waals surface area contributed by atoms with Crippen LogP contribution >= 0.6 is 0 Å². The molecule has 0 spiro atoms. The zero-order valence-electron chi connectivity index (χ0n) is 17.9. The summed E-state index contributed by atoms with van der Waals surface area (Å²) < 4.78 is 22.6. The van der Waals surface area contributed by atoms with Gasteiger partial charge >= 0.3 is 0 Å². The van der Waals surface area contributed by atoms with Crippen LogP contribution < -0.4 is 10.5 Å². The summed E-state index contributed by atoms with van der Waals surface area (Å²) in [6.45, 7) is 10.7. The molecule has 6 heteroatoms. The number of rotatable bonds is 7. The number of carbonyl (C=O) groups is 1. The first-order chi connectivity index (χ1) is 13.4. The number of benzene rings is 2. The molecule has 29 heavy (non-hydrogen) atoms. The standard InChI is InChI=1S/C23H32N2O3S/c1-16(2)22(18-9-11-19(12-10-18)23(3,4)5)25-21(26)15-8-17-6-13-20(14-7-17)29(24,27)28/h6-7,9-14,16,22H,8,15H2,1-5H3,(H,25,26)(H2,24,27,28). The van der Waals surface area contributed by atoms with Crippen LogP contribution in [-0.2, 0) is 26.7 Å². The Bertz CT molecular complexity index is 926. The molecule has 0 aliphatic rings. The van der Waals surface area contributed by atoms with Crippen molar-refractivity contribution in [3.63, 3.8) is 0 Å². The summed E-state index contributed by atoms with van der Waals surface area (Å²) in [5.41, 5.74) is 3.34. The molecule has 2 rings (SSSR count). The topological polar surface area (TPSA) is 89.3 Å². The Balaban J connectivity index is 2.01. The predicted octanol–water partition coefficient (Wildman–Crippen LogP) is 4.08. The van der Waals surface area contributed by atoms with Crippen molar-refractivity contribution in [1.29, 1.82) is 0 Å². The molecular formula is C23H32N2O3S. The van der Waals surface area contributed by atoms with E-state index in [-0.39, 0.29) is 28.2 Å². The third kappa shape index (κ3) is 6.68. The number of amides is 1. The maximum absolute atomic E-state index is 12.5. The van der Waals surface area contributed by atoms with E-state index in [1.54, 1.807) is 12.1 Å². The Morgan fingerprint density at radius 3 is 2.00 bits per heavy atom. The molecule has 1 atom stereocenters. The van der Waals surface area contributed by atoms with Crippen LogP contribution in [0.1, 0.15) is 63.8 Å². The average Bonchev–Trinajstić information content (AvgIpc) is 2.63. The molecule has 0 aliphatic heterocycles. The van der Waals surface area contributed by atoms with Crippen LogP contribution in [0.4, 0.5) is 0 Å². The quantitative estimate of drug-likeness (QED) is 0.713. The number of aryl methyl sites for hydroxylation is 1. The fourth-order valence-corrected chi connectivity index (χ4v) is 3.69. The van der Waals surface area contributed by atoms with Gasteiger partial charge in [-0.25, -0.2) is 13.6 Å². The van der Waals surface area contributed by atoms with Crippen LogP contribution in [0.5, 0.6) is 0 Å². The number of sulfonamides is 1. The number of primary sulfonamides is 1. The minimum Gasteiger partial charge on any atom is -0.349 e. The van der Waals surface area contributed by atoms with E-state index in [2.05, 4.69) is 64.2 Å². The maximum atomic E-state index is 12.5. The van der Waals surface area contributed by atoms with Gasteiger partial charge in [0.2, 0.25) is 15.9 Å². The minimum atomic E-state index is -3.70. The number of hydrogen-bond acceptors (Lipinski definition) is 3. The molecule has 1 amide bonds. The summed E-state index contributed by atoms with van der Waals surface area (Å²) in [5.74, 6) is 0.229. The first kappa shape index (κ1) is 23.1. The summed E-state index contributed by atoms with van der Waals surface area (Å²) >= 11 is 0. The van der Waals surface area contributed by atoms with Gasteiger partial charge in [0.15, 0.2) is 0 Å². The first-order valence-electron chi connectivity index (χ1n) is 9.89. The smallest absolute Gasteiger partial charge is 0.238 e. The van der Waals surface area contributed by atoms with Crippen LogP contribution in [0.2, 0.25) is 0 Å². The van der Waals surface area contributed by atoms with Gasteiger partial charge in [-0.2, -0.15) is 0 Å². The Morgan fingerprint density at radius 1 is 1.00 bits per heavy atom. The van der Waals surface area contributed by atoms with Crippen molar-refractivity contribution in [3.05, 3.63) is 65.2 Å². The van der Waals surface area contributed by atoms with Crippen molar-refractivity contribution in [2.24, 2.45) is 11.1 Å². The largest absolute Gasteiger partial charge is 0.349 e. The monoisotopic (exact) mass is 416 g/mol. The normalized spacial score (nSPS) is 13.3. The number of nitrogens with one attached hydrogen (secondary N) is 1. The average molecular weight is 417 g/mol. The second kappa shape index (κ2) is 9.09. The van der Waals surface area contributed by atoms with Gasteiger partial charge in [-0.3, -0.25) is 4.79 Å². The van der Waals surface area contributed by atoms with E-state index in [0.717, 1.165) is 11.1 Å². The summed E-state index contributed by atoms with van der Waals surface area (Å²) in [4.78, 5) is 12.6. The van der Waals surface area contributed by atoms with E-state index in [0.29, 0.717) is 12.8 Å². The highest BCUT2D eigenvalue weighted by atomic mass is 32.2. The molecule has 158 valence electrons. The highest BCUT2D eigenvalue weighted by Crippen LogP contribution is 2.27. The second-order valence-corrected chi connectivity index (χ2v) is 10.4. The van der Waals surface area contributed by atoms with E-state index in [4.69, 9.17) is 5.14 Å². The van der Waals surface area contributed by atoms with E-state index in [1.165, 1.54) is 17.7 Å². The second-order valence-electron chi connectivity index (χ2n) is 8.85. The van der Waals surface area contributed by atoms with Crippen molar-refractivity contribution >= 4 is 15.9 Å². The van der Waals surface area contributed by atoms with Crippen LogP contribution in [0.3, 0.4) is 0 Å². The van der Waals surface area contributed by atoms with Gasteiger partial charge in [-0.05, 0) is 46.6 Å². The van der Waals surface area contributed by atoms with E-state index in [9.17, 15) is 13.2 Å². The SMILES string of the molecule is CC(C)C(NC(=O)CCc1ccc(S(N)(=O)=O)cc1)c1ccc(C(C)(C)C)cc1. The highest BCUT2D eigenvalue weighted by Gasteiger charge is 2.20. The number of nitrogens with two attached hydrogens (primary N) is 1. The molecule has 1 unspecified atom stereocenters. The van der Waals surface area contributed by atoms with Crippen LogP contribution in [0, 0.1) is 5.92 Å². The third-order valence-electron chi connectivity index (χ3n) is 5.01. The molecule has 0 aliphatic carbocycles. The molecule has 0 saturated heterocycles. The Kier molecular flexibility index (Phi) is 7.25. The van der Waals surface area contributed by atoms with Gasteiger partial charge in [0.25, 0.3) is 0 Å². The number of hydrogen-bond donors (Lipinski definition) is 2. The zero-order valence-corrected chi connectivity index (χ0v) is 18.7. The molecule has 3 N–H and O–H groups in total. The van der Waals surface area contributed by atoms with Gasteiger partial charge in [0.05, 0.1) is 10.9 Å². The Labute approximate surface area is 174 Å². The van der Waals surface area contributed by atoms with Crippen molar-refractivity contribution in [3.8, 4) is 0 Å². The zero-order chi connectivity index (χ0) is 21.8. The lowest BCUT2D eigenvalue weighted by molar-refractivity contribution is -0.122. The van der Waals surface area contributed by atoms with E-state index < -0.39 is 10.0 Å². The molecule has 2 aromatic carbocycles. The van der Waals surface area contributed by atoms with Crippen LogP contribution in [-0.4, -0.2) is 14.3 Å². The van der Waals surface area contributed by atoms with E-state index >= 15 is 0 Å². The summed E-state index contributed by atoms with van der Waals surface area (Å²) in [6, 6.07) is 14.7. The lowest BCUT2D eigenvalue weighted by Crippen LogP contribution is -2.32. The summed E-state index contributed by atoms with van der Waals surface area (Å²) in [7, 11) is -3.70. The van der Waals surface area contributed by atoms with Gasteiger partial charge in [0.1, 0.15) is 0 Å². The Hall–Kier alpha value is -2.18. The van der Waals surface area contributed by atoms with Gasteiger partial charge < -0.3 is 5.32 Å². The molecule has 0 saturated carbocycles. The molecule has 0 radical (unpaired) electrons. The minimum absolute atomic E-state index is 0.0286. The van der Waals surface area contributed by atoms with Crippen molar-refractivity contribution in [1.82, 2.24) is 5.32 Å². The number of carbonyl (C=O) groups excluding carboxylic acids is 1. The molecular weight excluding hydrogens is 384 g/mol. The summed E-state index contributed by atoms with van der Waals surface area (Å²) in [6.07, 6.45) is 0.864. The fraction of sp³-hybridized carbons (Fsp3) is 0.435. The molecule has 5 nitrogen and oxygen atoms in total. The Morgan fingerprint density at radius 2 is 1.55 bits per heavy atom. The fourth-order valence-electron chi connectivity index (χ4n) is 3.17. The lowest BCUT2D eigenvalue weighted by atomic mass is 9.85. The lowest BCUT2D eigenvalue weighted by Gasteiger charge is -2.25. The first-order valence-corrected chi connectivity index (χ1v) is 11.4. The van der Waals surface area contributed by atoms with Crippen LogP contribution in [0.15, 0.2) is 53.4 Å². The molecule has 0 fully saturated rings. The van der Waals surface area contributed by atoms with E-state index in [1.807, 2.05) is 0 Å². The predicted molar refractivity (Wildman–Crippen MR) is 117 cm³/mol.